The smallest absolute Gasteiger partial charge is 0.0458 e. The minimum Gasteiger partial charge on any atom is -0.261 e. The van der Waals surface area contributed by atoms with E-state index >= 15 is 0 Å². The molecule has 0 radical (unpaired) electrons. The van der Waals surface area contributed by atoms with Gasteiger partial charge in [0.15, 0.2) is 0 Å². The first-order valence-electron chi connectivity index (χ1n) is 14.5. The van der Waals surface area contributed by atoms with Gasteiger partial charge < -0.3 is 0 Å². The summed E-state index contributed by atoms with van der Waals surface area (Å²) in [5.74, 6) is 2.26. The van der Waals surface area contributed by atoms with Gasteiger partial charge in [-0.2, -0.15) is 0 Å². The summed E-state index contributed by atoms with van der Waals surface area (Å²) in [7, 11) is 0. The lowest BCUT2D eigenvalue weighted by Gasteiger charge is -2.05. The van der Waals surface area contributed by atoms with Crippen LogP contribution in [0.3, 0.4) is 0 Å². The van der Waals surface area contributed by atoms with Crippen LogP contribution in [0.15, 0.2) is 85.1 Å². The van der Waals surface area contributed by atoms with Gasteiger partial charge in [0.25, 0.3) is 0 Å². The SMILES string of the molecule is CC(C)c1ccccc1Cl.Cc1cccc(C(C)C)c1.Cc1cccc(C(C)C)n1.Cc1cccnc1C(C)C. The third kappa shape index (κ3) is 13.4. The van der Waals surface area contributed by atoms with Gasteiger partial charge in [-0.25, -0.2) is 0 Å². The third-order valence-corrected chi connectivity index (χ3v) is 6.68. The Hall–Kier alpha value is -2.97. The number of hydrogen-bond acceptors (Lipinski definition) is 2. The lowest BCUT2D eigenvalue weighted by atomic mass is 10.0. The summed E-state index contributed by atoms with van der Waals surface area (Å²) in [6.07, 6.45) is 1.85. The van der Waals surface area contributed by atoms with Crippen molar-refractivity contribution in [1.82, 2.24) is 9.97 Å². The standard InChI is InChI=1S/C10H14.C9H11Cl.2C9H13N/c1-8(2)10-6-4-5-9(3)7-10;1-7(2)8-5-3-4-6-9(8)10;1-7(2)9-8(3)5-4-6-10-9;1-7(2)9-6-4-5-8(3)10-9/h4-8H,1-3H3;3-7H,1-2H3;2*4-7H,1-3H3. The molecule has 0 atom stereocenters. The molecule has 0 fully saturated rings. The predicted molar refractivity (Wildman–Crippen MR) is 177 cm³/mol. The molecule has 2 heterocycles. The molecule has 0 aliphatic heterocycles. The van der Waals surface area contributed by atoms with E-state index in [2.05, 4.69) is 128 Å². The van der Waals surface area contributed by atoms with E-state index in [1.807, 2.05) is 43.5 Å². The average molecular weight is 559 g/mol. The van der Waals surface area contributed by atoms with Crippen LogP contribution in [0.4, 0.5) is 0 Å². The molecule has 0 aliphatic carbocycles. The lowest BCUT2D eigenvalue weighted by molar-refractivity contribution is 0.811. The van der Waals surface area contributed by atoms with Crippen molar-refractivity contribution in [2.75, 3.05) is 0 Å². The van der Waals surface area contributed by atoms with E-state index in [0.717, 1.165) is 10.7 Å². The van der Waals surface area contributed by atoms with Gasteiger partial charge in [0.2, 0.25) is 0 Å². The molecule has 2 nitrogen and oxygen atoms in total. The topological polar surface area (TPSA) is 25.8 Å². The van der Waals surface area contributed by atoms with Gasteiger partial charge in [0, 0.05) is 28.3 Å². The largest absolute Gasteiger partial charge is 0.261 e. The van der Waals surface area contributed by atoms with Crippen LogP contribution < -0.4 is 0 Å². The second-order valence-electron chi connectivity index (χ2n) is 11.5. The maximum atomic E-state index is 5.92. The molecule has 2 aromatic carbocycles. The van der Waals surface area contributed by atoms with E-state index in [0.29, 0.717) is 23.7 Å². The van der Waals surface area contributed by atoms with Crippen LogP contribution >= 0.6 is 11.6 Å². The van der Waals surface area contributed by atoms with Crippen molar-refractivity contribution in [3.8, 4) is 0 Å². The Bertz CT molecular complexity index is 1160. The Morgan fingerprint density at radius 3 is 1.65 bits per heavy atom. The second-order valence-corrected chi connectivity index (χ2v) is 11.9. The molecule has 0 unspecified atom stereocenters. The van der Waals surface area contributed by atoms with Crippen LogP contribution in [0, 0.1) is 20.8 Å². The maximum Gasteiger partial charge on any atom is 0.0458 e. The van der Waals surface area contributed by atoms with Crippen LogP contribution in [-0.2, 0) is 0 Å². The van der Waals surface area contributed by atoms with E-state index in [-0.39, 0.29) is 0 Å². The Kier molecular flexibility index (Phi) is 16.1. The minimum absolute atomic E-state index is 0.522. The molecule has 0 N–H and O–H groups in total. The molecule has 2 aromatic heterocycles. The molecule has 3 heteroatoms. The van der Waals surface area contributed by atoms with E-state index in [1.54, 1.807) is 0 Å². The summed E-state index contributed by atoms with van der Waals surface area (Å²) >= 11 is 5.92. The molecule has 0 aliphatic rings. The van der Waals surface area contributed by atoms with Crippen LogP contribution in [0.25, 0.3) is 0 Å². The van der Waals surface area contributed by atoms with Crippen molar-refractivity contribution < 1.29 is 0 Å². The number of aryl methyl sites for hydroxylation is 3. The zero-order valence-electron chi connectivity index (χ0n) is 26.7. The highest BCUT2D eigenvalue weighted by molar-refractivity contribution is 6.31. The zero-order chi connectivity index (χ0) is 30.2. The van der Waals surface area contributed by atoms with Crippen molar-refractivity contribution >= 4 is 11.6 Å². The van der Waals surface area contributed by atoms with E-state index in [9.17, 15) is 0 Å². The van der Waals surface area contributed by atoms with Crippen LogP contribution in [0.1, 0.15) is 118 Å². The van der Waals surface area contributed by atoms with Crippen molar-refractivity contribution in [2.45, 2.75) is 99.8 Å². The summed E-state index contributed by atoms with van der Waals surface area (Å²) in [4.78, 5) is 8.65. The number of pyridine rings is 2. The second kappa shape index (κ2) is 18.4. The Labute approximate surface area is 250 Å². The van der Waals surface area contributed by atoms with Crippen molar-refractivity contribution in [2.24, 2.45) is 0 Å². The molecular weight excluding hydrogens is 508 g/mol. The molecule has 40 heavy (non-hydrogen) atoms. The van der Waals surface area contributed by atoms with Crippen molar-refractivity contribution in [3.05, 3.63) is 129 Å². The summed E-state index contributed by atoms with van der Waals surface area (Å²) in [6, 6.07) is 26.8. The molecule has 0 saturated heterocycles. The van der Waals surface area contributed by atoms with Gasteiger partial charge in [-0.3, -0.25) is 9.97 Å². The normalized spacial score (nSPS) is 10.4. The Balaban J connectivity index is 0.000000267. The van der Waals surface area contributed by atoms with Crippen molar-refractivity contribution in [1.29, 1.82) is 0 Å². The summed E-state index contributed by atoms with van der Waals surface area (Å²) in [5.41, 5.74) is 8.79. The molecule has 4 aromatic rings. The number of halogens is 1. The van der Waals surface area contributed by atoms with Gasteiger partial charge in [-0.15, -0.1) is 0 Å². The molecule has 0 saturated carbocycles. The van der Waals surface area contributed by atoms with Gasteiger partial charge >= 0.3 is 0 Å². The highest BCUT2D eigenvalue weighted by atomic mass is 35.5. The van der Waals surface area contributed by atoms with Crippen LogP contribution in [-0.4, -0.2) is 9.97 Å². The highest BCUT2D eigenvalue weighted by Gasteiger charge is 2.02. The Morgan fingerprint density at radius 1 is 0.600 bits per heavy atom. The van der Waals surface area contributed by atoms with Gasteiger partial charge in [0.1, 0.15) is 0 Å². The van der Waals surface area contributed by atoms with Gasteiger partial charge in [-0.05, 0) is 85.4 Å². The predicted octanol–water partition coefficient (Wildman–Crippen LogP) is 11.6. The van der Waals surface area contributed by atoms with Crippen molar-refractivity contribution in [3.63, 3.8) is 0 Å². The van der Waals surface area contributed by atoms with Gasteiger partial charge in [0.05, 0.1) is 0 Å². The summed E-state index contributed by atoms with van der Waals surface area (Å²) in [5, 5.41) is 0.873. The number of rotatable bonds is 4. The zero-order valence-corrected chi connectivity index (χ0v) is 27.4. The molecule has 0 spiro atoms. The van der Waals surface area contributed by atoms with E-state index < -0.39 is 0 Å². The minimum atomic E-state index is 0.522. The first kappa shape index (κ1) is 35.1. The molecule has 4 rings (SSSR count). The summed E-state index contributed by atoms with van der Waals surface area (Å²) in [6.45, 7) is 23.6. The number of hydrogen-bond donors (Lipinski definition) is 0. The quantitative estimate of drug-likeness (QED) is 0.249. The fourth-order valence-corrected chi connectivity index (χ4v) is 4.31. The van der Waals surface area contributed by atoms with E-state index in [4.69, 9.17) is 11.6 Å². The lowest BCUT2D eigenvalue weighted by Crippen LogP contribution is -1.94. The fraction of sp³-hybridized carbons (Fsp3) is 0.405. The van der Waals surface area contributed by atoms with E-state index in [1.165, 1.54) is 33.6 Å². The highest BCUT2D eigenvalue weighted by Crippen LogP contribution is 2.22. The fourth-order valence-electron chi connectivity index (χ4n) is 3.96. The number of aromatic nitrogens is 2. The van der Waals surface area contributed by atoms with Crippen LogP contribution in [0.5, 0.6) is 0 Å². The van der Waals surface area contributed by atoms with Crippen LogP contribution in [0.2, 0.25) is 5.02 Å². The van der Waals surface area contributed by atoms with Gasteiger partial charge in [-0.1, -0.05) is 127 Å². The Morgan fingerprint density at radius 2 is 1.25 bits per heavy atom. The first-order valence-corrected chi connectivity index (χ1v) is 14.9. The summed E-state index contributed by atoms with van der Waals surface area (Å²) < 4.78 is 0. The molecular formula is C37H51ClN2. The molecule has 0 bridgehead atoms. The maximum absolute atomic E-state index is 5.92. The average Bonchev–Trinajstić information content (AvgIpc) is 2.90. The first-order chi connectivity index (χ1) is 18.8. The molecule has 216 valence electrons. The third-order valence-electron chi connectivity index (χ3n) is 6.33. The number of nitrogens with zero attached hydrogens (tertiary/aromatic N) is 2. The molecule has 0 amide bonds. The monoisotopic (exact) mass is 558 g/mol. The number of benzene rings is 2.